The van der Waals surface area contributed by atoms with Gasteiger partial charge in [0.2, 0.25) is 0 Å². The van der Waals surface area contributed by atoms with Crippen LogP contribution in [-0.4, -0.2) is 7.85 Å². The van der Waals surface area contributed by atoms with Crippen LogP contribution in [0, 0.1) is 0 Å². The van der Waals surface area contributed by atoms with E-state index in [1.807, 2.05) is 66.7 Å². The molecular formula is C20H17BO2. The lowest BCUT2D eigenvalue weighted by Gasteiger charge is -2.11. The van der Waals surface area contributed by atoms with Crippen molar-refractivity contribution >= 4 is 13.3 Å². The van der Waals surface area contributed by atoms with Gasteiger partial charge in [-0.05, 0) is 23.3 Å². The van der Waals surface area contributed by atoms with Crippen molar-refractivity contribution in [3.63, 3.8) is 0 Å². The van der Waals surface area contributed by atoms with Crippen LogP contribution in [0.25, 0.3) is 0 Å². The Morgan fingerprint density at radius 2 is 1.04 bits per heavy atom. The normalized spacial score (nSPS) is 10.3. The van der Waals surface area contributed by atoms with Gasteiger partial charge in [-0.3, -0.25) is 0 Å². The van der Waals surface area contributed by atoms with Crippen LogP contribution in [0.4, 0.5) is 0 Å². The summed E-state index contributed by atoms with van der Waals surface area (Å²) in [5.41, 5.74) is 2.85. The molecule has 0 spiro atoms. The Balaban J connectivity index is 1.64. The molecule has 3 heteroatoms. The van der Waals surface area contributed by atoms with Crippen molar-refractivity contribution in [2.24, 2.45) is 0 Å². The second-order valence-corrected chi connectivity index (χ2v) is 5.29. The predicted octanol–water partition coefficient (Wildman–Crippen LogP) is 3.64. The van der Waals surface area contributed by atoms with Gasteiger partial charge in [-0.15, -0.1) is 0 Å². The first-order valence-electron chi connectivity index (χ1n) is 7.53. The van der Waals surface area contributed by atoms with E-state index in [2.05, 4.69) is 0 Å². The lowest BCUT2D eigenvalue weighted by molar-refractivity contribution is 0.290. The molecule has 0 aliphatic rings. The maximum absolute atomic E-state index is 5.94. The van der Waals surface area contributed by atoms with Gasteiger partial charge in [-0.25, -0.2) is 0 Å². The summed E-state index contributed by atoms with van der Waals surface area (Å²) in [7, 11) is 5.94. The van der Waals surface area contributed by atoms with Gasteiger partial charge in [0.05, 0.1) is 0 Å². The van der Waals surface area contributed by atoms with Crippen LogP contribution in [-0.2, 0) is 13.2 Å². The Kier molecular flexibility index (Phi) is 5.00. The largest absolute Gasteiger partial charge is 0.489 e. The van der Waals surface area contributed by atoms with Gasteiger partial charge >= 0.3 is 0 Å². The fraction of sp³-hybridized carbons (Fsp3) is 0.100. The third kappa shape index (κ3) is 4.65. The van der Waals surface area contributed by atoms with E-state index in [4.69, 9.17) is 17.3 Å². The molecule has 0 aliphatic carbocycles. The number of rotatable bonds is 6. The van der Waals surface area contributed by atoms with Crippen LogP contribution in [0.3, 0.4) is 0 Å². The molecule has 2 radical (unpaired) electrons. The molecule has 112 valence electrons. The second-order valence-electron chi connectivity index (χ2n) is 5.29. The molecule has 2 nitrogen and oxygen atoms in total. The van der Waals surface area contributed by atoms with Crippen molar-refractivity contribution in [1.29, 1.82) is 0 Å². The van der Waals surface area contributed by atoms with Crippen LogP contribution in [0.15, 0.2) is 78.9 Å². The highest BCUT2D eigenvalue weighted by molar-refractivity contribution is 6.32. The summed E-state index contributed by atoms with van der Waals surface area (Å²) >= 11 is 0. The SMILES string of the molecule is [B]c1cc(OCc2ccccc2)cc(OCc2ccccc2)c1. The van der Waals surface area contributed by atoms with E-state index >= 15 is 0 Å². The maximum atomic E-state index is 5.94. The van der Waals surface area contributed by atoms with Crippen molar-refractivity contribution in [1.82, 2.24) is 0 Å². The summed E-state index contributed by atoms with van der Waals surface area (Å²) in [5, 5.41) is 0. The van der Waals surface area contributed by atoms with Crippen molar-refractivity contribution in [2.45, 2.75) is 13.2 Å². The lowest BCUT2D eigenvalue weighted by Crippen LogP contribution is -2.06. The van der Waals surface area contributed by atoms with Crippen LogP contribution in [0.1, 0.15) is 11.1 Å². The van der Waals surface area contributed by atoms with Gasteiger partial charge in [0, 0.05) is 6.07 Å². The smallest absolute Gasteiger partial charge is 0.122 e. The zero-order chi connectivity index (χ0) is 15.9. The Morgan fingerprint density at radius 1 is 0.609 bits per heavy atom. The summed E-state index contributed by atoms with van der Waals surface area (Å²) in [6.45, 7) is 1.00. The molecule has 0 heterocycles. The van der Waals surface area contributed by atoms with Crippen molar-refractivity contribution < 1.29 is 9.47 Å². The molecule has 0 aliphatic heterocycles. The van der Waals surface area contributed by atoms with Crippen LogP contribution >= 0.6 is 0 Å². The minimum absolute atomic E-state index is 0.502. The summed E-state index contributed by atoms with van der Waals surface area (Å²) in [6.07, 6.45) is 0. The fourth-order valence-electron chi connectivity index (χ4n) is 2.24. The molecular weight excluding hydrogens is 283 g/mol. The highest BCUT2D eigenvalue weighted by Crippen LogP contribution is 2.20. The zero-order valence-corrected chi connectivity index (χ0v) is 12.8. The van der Waals surface area contributed by atoms with E-state index in [-0.39, 0.29) is 0 Å². The third-order valence-corrected chi connectivity index (χ3v) is 3.40. The van der Waals surface area contributed by atoms with Gasteiger partial charge in [-0.1, -0.05) is 66.1 Å². The third-order valence-electron chi connectivity index (χ3n) is 3.40. The van der Waals surface area contributed by atoms with E-state index in [0.29, 0.717) is 30.2 Å². The van der Waals surface area contributed by atoms with E-state index in [1.54, 1.807) is 12.1 Å². The fourth-order valence-corrected chi connectivity index (χ4v) is 2.24. The zero-order valence-electron chi connectivity index (χ0n) is 12.8. The minimum atomic E-state index is 0.502. The average Bonchev–Trinajstić information content (AvgIpc) is 2.60. The number of benzene rings is 3. The monoisotopic (exact) mass is 300 g/mol. The Bertz CT molecular complexity index is 680. The molecule has 0 fully saturated rings. The molecule has 3 aromatic rings. The maximum Gasteiger partial charge on any atom is 0.122 e. The first-order valence-corrected chi connectivity index (χ1v) is 7.53. The number of ether oxygens (including phenoxy) is 2. The molecule has 0 aromatic heterocycles. The molecule has 0 amide bonds. The lowest BCUT2D eigenvalue weighted by atomic mass is 9.96. The summed E-state index contributed by atoms with van der Waals surface area (Å²) in [6, 6.07) is 25.5. The molecule has 23 heavy (non-hydrogen) atoms. The topological polar surface area (TPSA) is 18.5 Å². The van der Waals surface area contributed by atoms with Gasteiger partial charge < -0.3 is 9.47 Å². The molecule has 0 atom stereocenters. The molecule has 0 saturated heterocycles. The van der Waals surface area contributed by atoms with E-state index < -0.39 is 0 Å². The Morgan fingerprint density at radius 3 is 1.48 bits per heavy atom. The van der Waals surface area contributed by atoms with Crippen molar-refractivity contribution in [2.75, 3.05) is 0 Å². The molecule has 3 rings (SSSR count). The first-order chi connectivity index (χ1) is 11.3. The first kappa shape index (κ1) is 15.2. The molecule has 0 N–H and O–H groups in total. The highest BCUT2D eigenvalue weighted by atomic mass is 16.5. The number of hydrogen-bond acceptors (Lipinski definition) is 2. The average molecular weight is 300 g/mol. The predicted molar refractivity (Wildman–Crippen MR) is 93.4 cm³/mol. The van der Waals surface area contributed by atoms with Gasteiger partial charge in [0.25, 0.3) is 0 Å². The van der Waals surface area contributed by atoms with E-state index in [9.17, 15) is 0 Å². The Labute approximate surface area is 138 Å². The highest BCUT2D eigenvalue weighted by Gasteiger charge is 2.02. The molecule has 0 bridgehead atoms. The minimum Gasteiger partial charge on any atom is -0.489 e. The molecule has 3 aromatic carbocycles. The van der Waals surface area contributed by atoms with Crippen molar-refractivity contribution in [3.8, 4) is 11.5 Å². The molecule has 0 unspecified atom stereocenters. The molecule has 0 saturated carbocycles. The standard InChI is InChI=1S/C20H17BO2/c21-18-11-19(22-14-16-7-3-1-4-8-16)13-20(12-18)23-15-17-9-5-2-6-10-17/h1-13H,14-15H2. The quantitative estimate of drug-likeness (QED) is 0.647. The van der Waals surface area contributed by atoms with Crippen LogP contribution in [0.5, 0.6) is 11.5 Å². The number of hydrogen-bond donors (Lipinski definition) is 0. The summed E-state index contributed by atoms with van der Waals surface area (Å²) < 4.78 is 11.6. The van der Waals surface area contributed by atoms with E-state index in [1.165, 1.54) is 0 Å². The summed E-state index contributed by atoms with van der Waals surface area (Å²) in [5.74, 6) is 1.41. The van der Waals surface area contributed by atoms with Crippen molar-refractivity contribution in [3.05, 3.63) is 90.0 Å². The van der Waals surface area contributed by atoms with Gasteiger partial charge in [0.1, 0.15) is 32.6 Å². The van der Waals surface area contributed by atoms with Gasteiger partial charge in [0.15, 0.2) is 0 Å². The van der Waals surface area contributed by atoms with Crippen LogP contribution < -0.4 is 14.9 Å². The second kappa shape index (κ2) is 7.55. The van der Waals surface area contributed by atoms with E-state index in [0.717, 1.165) is 11.1 Å². The van der Waals surface area contributed by atoms with Gasteiger partial charge in [-0.2, -0.15) is 0 Å². The summed E-state index contributed by atoms with van der Waals surface area (Å²) in [4.78, 5) is 0. The Hall–Kier alpha value is -2.68. The van der Waals surface area contributed by atoms with Crippen LogP contribution in [0.2, 0.25) is 0 Å².